The van der Waals surface area contributed by atoms with Crippen LogP contribution in [0, 0.1) is 5.92 Å². The third-order valence-corrected chi connectivity index (χ3v) is 9.21. The Morgan fingerprint density at radius 3 is 2.69 bits per heavy atom. The average molecular weight is 472 g/mol. The van der Waals surface area contributed by atoms with E-state index in [9.17, 15) is 18.3 Å². The smallest absolute Gasteiger partial charge is 0.323 e. The number of sulfone groups is 1. The number of carboxylic acids is 1. The summed E-state index contributed by atoms with van der Waals surface area (Å²) in [5, 5.41) is 14.4. The van der Waals surface area contributed by atoms with Gasteiger partial charge in [-0.2, -0.15) is 0 Å². The summed E-state index contributed by atoms with van der Waals surface area (Å²) in [5.41, 5.74) is 2.13. The maximum Gasteiger partial charge on any atom is 0.323 e. The highest BCUT2D eigenvalue weighted by Crippen LogP contribution is 2.37. The minimum absolute atomic E-state index is 0.114. The molecule has 2 unspecified atom stereocenters. The van der Waals surface area contributed by atoms with Crippen molar-refractivity contribution in [3.8, 4) is 0 Å². The van der Waals surface area contributed by atoms with Gasteiger partial charge in [0.05, 0.1) is 11.0 Å². The van der Waals surface area contributed by atoms with Crippen LogP contribution in [-0.2, 0) is 21.2 Å². The molecule has 3 aromatic rings. The Morgan fingerprint density at radius 1 is 1.22 bits per heavy atom. The molecule has 2 atom stereocenters. The van der Waals surface area contributed by atoms with Crippen LogP contribution >= 0.6 is 11.8 Å². The summed E-state index contributed by atoms with van der Waals surface area (Å²) >= 11 is 1.14. The number of fused-ring (bicyclic) bond motifs is 1. The Labute approximate surface area is 191 Å². The van der Waals surface area contributed by atoms with E-state index >= 15 is 0 Å². The highest BCUT2D eigenvalue weighted by atomic mass is 32.3. The first-order valence-corrected chi connectivity index (χ1v) is 12.9. The van der Waals surface area contributed by atoms with Gasteiger partial charge in [0, 0.05) is 12.0 Å². The van der Waals surface area contributed by atoms with Gasteiger partial charge >= 0.3 is 5.97 Å². The number of para-hydroxylation sites is 2. The lowest BCUT2D eigenvalue weighted by atomic mass is 10.0. The number of nitrogens with zero attached hydrogens (tertiary/aromatic N) is 2. The molecule has 1 saturated heterocycles. The molecular formula is C23H25N3O4S2. The Hall–Kier alpha value is -2.62. The summed E-state index contributed by atoms with van der Waals surface area (Å²) in [6, 6.07) is 16.6. The van der Waals surface area contributed by atoms with Gasteiger partial charge in [-0.1, -0.05) is 54.2 Å². The van der Waals surface area contributed by atoms with E-state index in [1.165, 1.54) is 5.41 Å². The van der Waals surface area contributed by atoms with Crippen LogP contribution in [0.1, 0.15) is 18.4 Å². The summed E-state index contributed by atoms with van der Waals surface area (Å²) in [5.74, 6) is -1.12. The number of nitrogens with one attached hydrogen (secondary N) is 1. The zero-order chi connectivity index (χ0) is 22.6. The van der Waals surface area contributed by atoms with Gasteiger partial charge < -0.3 is 15.0 Å². The highest BCUT2D eigenvalue weighted by molar-refractivity contribution is 8.14. The lowest BCUT2D eigenvalue weighted by Gasteiger charge is -2.29. The fourth-order valence-corrected chi connectivity index (χ4v) is 7.22. The van der Waals surface area contributed by atoms with Crippen LogP contribution in [0.2, 0.25) is 0 Å². The molecule has 2 aromatic carbocycles. The van der Waals surface area contributed by atoms with Crippen molar-refractivity contribution in [3.05, 3.63) is 65.6 Å². The SMILES string of the molecule is O=C(O)Cn1c(SC(C2CCCNC2)S(=O)(=O)/C=C/c2ccccc2)nc2ccccc21. The Morgan fingerprint density at radius 2 is 1.97 bits per heavy atom. The number of hydrogen-bond donors (Lipinski definition) is 2. The zero-order valence-electron chi connectivity index (χ0n) is 17.4. The Balaban J connectivity index is 1.71. The van der Waals surface area contributed by atoms with Crippen LogP contribution in [0.25, 0.3) is 17.1 Å². The van der Waals surface area contributed by atoms with Crippen molar-refractivity contribution >= 4 is 44.7 Å². The van der Waals surface area contributed by atoms with E-state index in [1.807, 2.05) is 42.5 Å². The van der Waals surface area contributed by atoms with E-state index in [2.05, 4.69) is 10.3 Å². The molecule has 1 aliphatic rings. The first-order chi connectivity index (χ1) is 15.4. The van der Waals surface area contributed by atoms with Gasteiger partial charge in [0.25, 0.3) is 0 Å². The maximum atomic E-state index is 13.5. The molecule has 168 valence electrons. The van der Waals surface area contributed by atoms with Crippen molar-refractivity contribution in [2.75, 3.05) is 13.1 Å². The summed E-state index contributed by atoms with van der Waals surface area (Å²) < 4.78 is 27.7. The molecule has 7 nitrogen and oxygen atoms in total. The van der Waals surface area contributed by atoms with Crippen LogP contribution in [0.5, 0.6) is 0 Å². The second-order valence-corrected chi connectivity index (χ2v) is 11.1. The van der Waals surface area contributed by atoms with Crippen molar-refractivity contribution in [2.45, 2.75) is 29.1 Å². The van der Waals surface area contributed by atoms with Gasteiger partial charge in [-0.15, -0.1) is 0 Å². The first-order valence-electron chi connectivity index (χ1n) is 10.5. The number of aromatic nitrogens is 2. The molecule has 0 aliphatic carbocycles. The number of carboxylic acid groups (broad SMARTS) is 1. The van der Waals surface area contributed by atoms with Crippen LogP contribution in [-0.4, -0.2) is 46.7 Å². The number of rotatable bonds is 8. The minimum atomic E-state index is -3.66. The van der Waals surface area contributed by atoms with Crippen molar-refractivity contribution in [3.63, 3.8) is 0 Å². The standard InChI is InChI=1S/C23H25N3O4S2/c27-21(28)16-26-20-11-5-4-10-19(20)25-23(26)31-22(18-9-6-13-24-15-18)32(29,30)14-12-17-7-2-1-3-8-17/h1-5,7-8,10-12,14,18,22,24H,6,9,13,15-16H2,(H,27,28)/b14-12+. The van der Waals surface area contributed by atoms with E-state index in [0.717, 1.165) is 36.7 Å². The molecule has 0 bridgehead atoms. The number of imidazole rings is 1. The first kappa shape index (κ1) is 22.6. The Kier molecular flexibility index (Phi) is 6.98. The molecule has 0 saturated carbocycles. The number of piperidine rings is 1. The molecule has 1 aliphatic heterocycles. The lowest BCUT2D eigenvalue weighted by molar-refractivity contribution is -0.137. The van der Waals surface area contributed by atoms with Gasteiger partial charge in [0.1, 0.15) is 11.1 Å². The van der Waals surface area contributed by atoms with E-state index in [-0.39, 0.29) is 12.5 Å². The molecular weight excluding hydrogens is 446 g/mol. The van der Waals surface area contributed by atoms with Crippen LogP contribution in [0.4, 0.5) is 0 Å². The molecule has 1 fully saturated rings. The number of benzene rings is 2. The zero-order valence-corrected chi connectivity index (χ0v) is 19.1. The van der Waals surface area contributed by atoms with E-state index in [4.69, 9.17) is 0 Å². The van der Waals surface area contributed by atoms with Gasteiger partial charge in [0.15, 0.2) is 15.0 Å². The van der Waals surface area contributed by atoms with Crippen molar-refractivity contribution in [1.29, 1.82) is 0 Å². The number of thioether (sulfide) groups is 1. The van der Waals surface area contributed by atoms with E-state index in [1.54, 1.807) is 22.8 Å². The topological polar surface area (TPSA) is 101 Å². The summed E-state index contributed by atoms with van der Waals surface area (Å²) in [4.78, 5) is 16.1. The van der Waals surface area contributed by atoms with Crippen LogP contribution < -0.4 is 5.32 Å². The minimum Gasteiger partial charge on any atom is -0.480 e. The predicted octanol–water partition coefficient (Wildman–Crippen LogP) is 3.62. The third-order valence-electron chi connectivity index (χ3n) is 5.43. The van der Waals surface area contributed by atoms with Crippen LogP contribution in [0.3, 0.4) is 0 Å². The molecule has 0 spiro atoms. The number of carbonyl (C=O) groups is 1. The molecule has 1 aromatic heterocycles. The molecule has 32 heavy (non-hydrogen) atoms. The molecule has 2 heterocycles. The molecule has 9 heteroatoms. The quantitative estimate of drug-likeness (QED) is 0.484. The summed E-state index contributed by atoms with van der Waals surface area (Å²) in [7, 11) is -3.66. The number of hydrogen-bond acceptors (Lipinski definition) is 6. The van der Waals surface area contributed by atoms with Crippen LogP contribution in [0.15, 0.2) is 65.2 Å². The second-order valence-electron chi connectivity index (χ2n) is 7.76. The highest BCUT2D eigenvalue weighted by Gasteiger charge is 2.35. The molecule has 4 rings (SSSR count). The van der Waals surface area contributed by atoms with Crippen molar-refractivity contribution in [2.24, 2.45) is 5.92 Å². The van der Waals surface area contributed by atoms with Gasteiger partial charge in [-0.25, -0.2) is 13.4 Å². The average Bonchev–Trinajstić information content (AvgIpc) is 3.14. The summed E-state index contributed by atoms with van der Waals surface area (Å²) in [6.07, 6.45) is 3.28. The fraction of sp³-hybridized carbons (Fsp3) is 0.304. The van der Waals surface area contributed by atoms with Gasteiger partial charge in [0.2, 0.25) is 0 Å². The second kappa shape index (κ2) is 9.89. The Bertz CT molecular complexity index is 1220. The molecule has 0 radical (unpaired) electrons. The summed E-state index contributed by atoms with van der Waals surface area (Å²) in [6.45, 7) is 1.18. The van der Waals surface area contributed by atoms with Crippen molar-refractivity contribution < 1.29 is 18.3 Å². The largest absolute Gasteiger partial charge is 0.480 e. The van der Waals surface area contributed by atoms with Crippen molar-refractivity contribution in [1.82, 2.24) is 14.9 Å². The molecule has 0 amide bonds. The molecule has 2 N–H and O–H groups in total. The monoisotopic (exact) mass is 471 g/mol. The third kappa shape index (κ3) is 5.23. The predicted molar refractivity (Wildman–Crippen MR) is 127 cm³/mol. The normalized spacial score (nSPS) is 18.2. The van der Waals surface area contributed by atoms with E-state index < -0.39 is 20.4 Å². The maximum absolute atomic E-state index is 13.5. The van der Waals surface area contributed by atoms with E-state index in [0.29, 0.717) is 22.7 Å². The van der Waals surface area contributed by atoms with Gasteiger partial charge in [-0.05, 0) is 49.1 Å². The fourth-order valence-electron chi connectivity index (χ4n) is 3.89. The van der Waals surface area contributed by atoms with Gasteiger partial charge in [-0.3, -0.25) is 4.79 Å². The number of aliphatic carboxylic acids is 1. The lowest BCUT2D eigenvalue weighted by Crippen LogP contribution is -2.38.